The van der Waals surface area contributed by atoms with Gasteiger partial charge in [0.1, 0.15) is 5.82 Å². The Hall–Kier alpha value is -3.13. The van der Waals surface area contributed by atoms with Crippen molar-refractivity contribution in [3.8, 4) is 11.1 Å². The molecular weight excluding hydrogens is 365 g/mol. The maximum Gasteiger partial charge on any atom is 0.248 e. The van der Waals surface area contributed by atoms with Crippen LogP contribution in [0, 0.1) is 5.82 Å². The molecule has 1 heterocycles. The second-order valence-corrected chi connectivity index (χ2v) is 8.61. The molecule has 6 nitrogen and oxygen atoms in total. The largest absolute Gasteiger partial charge is 0.368 e. The molecular formula is C19H20FN5OS. The number of nitrogens with two attached hydrogens (primary N) is 1. The zero-order valence-corrected chi connectivity index (χ0v) is 15.8. The lowest BCUT2D eigenvalue weighted by molar-refractivity contribution is 0.631. The third kappa shape index (κ3) is 4.17. The second kappa shape index (κ2) is 7.24. The highest BCUT2D eigenvalue weighted by Crippen LogP contribution is 2.33. The summed E-state index contributed by atoms with van der Waals surface area (Å²) in [6.07, 6.45) is 5.18. The van der Waals surface area contributed by atoms with Crippen molar-refractivity contribution in [3.63, 3.8) is 0 Å². The summed E-state index contributed by atoms with van der Waals surface area (Å²) in [6, 6.07) is 10.1. The minimum atomic E-state index is -2.40. The van der Waals surface area contributed by atoms with Gasteiger partial charge in [-0.2, -0.15) is 4.98 Å². The number of benzene rings is 2. The van der Waals surface area contributed by atoms with Gasteiger partial charge in [-0.05, 0) is 57.7 Å². The van der Waals surface area contributed by atoms with Gasteiger partial charge in [-0.3, -0.25) is 4.21 Å². The van der Waals surface area contributed by atoms with E-state index >= 15 is 4.39 Å². The average molecular weight is 385 g/mol. The predicted octanol–water partition coefficient (Wildman–Crippen LogP) is 3.67. The average Bonchev–Trinajstić information content (AvgIpc) is 2.99. The van der Waals surface area contributed by atoms with Crippen LogP contribution < -0.4 is 11.1 Å². The van der Waals surface area contributed by atoms with E-state index in [1.807, 2.05) is 13.0 Å². The van der Waals surface area contributed by atoms with Crippen molar-refractivity contribution in [1.82, 2.24) is 15.2 Å². The minimum Gasteiger partial charge on any atom is -0.368 e. The Bertz CT molecular complexity index is 1120. The number of allylic oxidation sites excluding steroid dienone is 1. The molecule has 3 aromatic rings. The first kappa shape index (κ1) is 18.7. The highest BCUT2D eigenvalue weighted by atomic mass is 32.2. The third-order valence-electron chi connectivity index (χ3n) is 3.85. The first-order valence-electron chi connectivity index (χ1n) is 8.12. The maximum atomic E-state index is 15.0. The summed E-state index contributed by atoms with van der Waals surface area (Å²) in [5, 5.41) is 9.31. The van der Waals surface area contributed by atoms with Gasteiger partial charge in [-0.25, -0.2) is 9.49 Å². The number of nitrogens with one attached hydrogen (secondary N) is 2. The number of aromatic nitrogens is 3. The molecule has 0 aliphatic heterocycles. The molecule has 0 saturated heterocycles. The zero-order chi connectivity index (χ0) is 19.6. The molecule has 8 heteroatoms. The van der Waals surface area contributed by atoms with E-state index in [0.717, 1.165) is 0 Å². The standard InChI is InChI=1S/C19H20FN5OS/c1-4-6-12-9-14(22-19-23-18(21)24-25-19)11-16(20)17(12)13-7-5-8-15(10-13)27(2,3)26/h4-11H,2H2,1,3H3,(H4,21,22,23,24,25). The lowest BCUT2D eigenvalue weighted by Crippen LogP contribution is -1.99. The van der Waals surface area contributed by atoms with Crippen molar-refractivity contribution in [2.45, 2.75) is 11.8 Å². The Morgan fingerprint density at radius 1 is 1.33 bits per heavy atom. The molecule has 0 bridgehead atoms. The van der Waals surface area contributed by atoms with Gasteiger partial charge in [0.05, 0.1) is 0 Å². The highest BCUT2D eigenvalue weighted by molar-refractivity contribution is 7.99. The first-order valence-corrected chi connectivity index (χ1v) is 10.3. The van der Waals surface area contributed by atoms with E-state index < -0.39 is 15.3 Å². The summed E-state index contributed by atoms with van der Waals surface area (Å²) in [7, 11) is -2.40. The summed E-state index contributed by atoms with van der Waals surface area (Å²) in [6.45, 7) is 1.85. The summed E-state index contributed by atoms with van der Waals surface area (Å²) >= 11 is 0. The van der Waals surface area contributed by atoms with Crippen LogP contribution >= 0.6 is 0 Å². The van der Waals surface area contributed by atoms with Crippen LogP contribution in [0.5, 0.6) is 0 Å². The van der Waals surface area contributed by atoms with Crippen molar-refractivity contribution in [1.29, 1.82) is 0 Å². The molecule has 3 rings (SSSR count). The number of H-pyrrole nitrogens is 1. The lowest BCUT2D eigenvalue weighted by Gasteiger charge is -2.13. The van der Waals surface area contributed by atoms with Crippen LogP contribution in [0.4, 0.5) is 22.0 Å². The van der Waals surface area contributed by atoms with Gasteiger partial charge in [0.15, 0.2) is 0 Å². The van der Waals surface area contributed by atoms with E-state index in [1.54, 1.807) is 42.7 Å². The van der Waals surface area contributed by atoms with Gasteiger partial charge < -0.3 is 11.1 Å². The van der Waals surface area contributed by atoms with E-state index in [2.05, 4.69) is 26.4 Å². The monoisotopic (exact) mass is 385 g/mol. The molecule has 27 heavy (non-hydrogen) atoms. The highest BCUT2D eigenvalue weighted by Gasteiger charge is 2.14. The van der Waals surface area contributed by atoms with Crippen LogP contribution in [0.1, 0.15) is 12.5 Å². The number of rotatable bonds is 5. The Labute approximate surface area is 157 Å². The maximum absolute atomic E-state index is 15.0. The van der Waals surface area contributed by atoms with E-state index in [0.29, 0.717) is 27.3 Å². The van der Waals surface area contributed by atoms with Gasteiger partial charge in [-0.1, -0.05) is 24.3 Å². The van der Waals surface area contributed by atoms with E-state index in [-0.39, 0.29) is 11.9 Å². The smallest absolute Gasteiger partial charge is 0.248 e. The fraction of sp³-hybridized carbons (Fsp3) is 0.105. The predicted molar refractivity (Wildman–Crippen MR) is 110 cm³/mol. The zero-order valence-electron chi connectivity index (χ0n) is 15.0. The van der Waals surface area contributed by atoms with Crippen LogP contribution in [0.15, 0.2) is 47.4 Å². The molecule has 2 aromatic carbocycles. The molecule has 1 aromatic heterocycles. The van der Waals surface area contributed by atoms with Crippen LogP contribution in [0.2, 0.25) is 0 Å². The Balaban J connectivity index is 2.10. The number of hydrogen-bond donors (Lipinski definition) is 3. The summed E-state index contributed by atoms with van der Waals surface area (Å²) in [5.74, 6) is 3.68. The van der Waals surface area contributed by atoms with Gasteiger partial charge in [0, 0.05) is 22.4 Å². The Morgan fingerprint density at radius 2 is 2.11 bits per heavy atom. The van der Waals surface area contributed by atoms with Gasteiger partial charge >= 0.3 is 0 Å². The van der Waals surface area contributed by atoms with E-state index in [4.69, 9.17) is 5.73 Å². The molecule has 0 saturated carbocycles. The number of hydrogen-bond acceptors (Lipinski definition) is 5. The van der Waals surface area contributed by atoms with E-state index in [1.165, 1.54) is 6.07 Å². The van der Waals surface area contributed by atoms with Crippen molar-refractivity contribution in [3.05, 3.63) is 53.9 Å². The molecule has 0 aliphatic carbocycles. The van der Waals surface area contributed by atoms with Crippen LogP contribution in [-0.4, -0.2) is 31.5 Å². The summed E-state index contributed by atoms with van der Waals surface area (Å²) < 4.78 is 27.3. The molecule has 1 unspecified atom stereocenters. The number of nitrogen functional groups attached to an aromatic ring is 1. The van der Waals surface area contributed by atoms with Crippen LogP contribution in [-0.2, 0) is 9.52 Å². The quantitative estimate of drug-likeness (QED) is 0.582. The van der Waals surface area contributed by atoms with E-state index in [9.17, 15) is 4.21 Å². The van der Waals surface area contributed by atoms with Crippen LogP contribution in [0.3, 0.4) is 0 Å². The Kier molecular flexibility index (Phi) is 5.00. The normalized spacial score (nSPS) is 13.6. The SMILES string of the molecule is C=S(C)(=O)c1cccc(-c2c(F)cc(Nc3n[nH]c(N)n3)cc2C=CC)c1. The first-order chi connectivity index (χ1) is 12.8. The number of nitrogens with zero attached hydrogens (tertiary/aromatic N) is 2. The van der Waals surface area contributed by atoms with Crippen molar-refractivity contribution in [2.75, 3.05) is 17.3 Å². The molecule has 0 radical (unpaired) electrons. The summed E-state index contributed by atoms with van der Waals surface area (Å²) in [5.41, 5.74) is 7.69. The number of aromatic amines is 1. The fourth-order valence-electron chi connectivity index (χ4n) is 2.70. The number of halogens is 1. The molecule has 0 amide bonds. The topological polar surface area (TPSA) is 96.7 Å². The molecule has 0 spiro atoms. The van der Waals surface area contributed by atoms with Gasteiger partial charge in [0.25, 0.3) is 0 Å². The second-order valence-electron chi connectivity index (χ2n) is 6.12. The Morgan fingerprint density at radius 3 is 2.74 bits per heavy atom. The molecule has 1 atom stereocenters. The van der Waals surface area contributed by atoms with Gasteiger partial charge in [0.2, 0.25) is 11.9 Å². The van der Waals surface area contributed by atoms with Crippen molar-refractivity contribution in [2.24, 2.45) is 0 Å². The fourth-order valence-corrected chi connectivity index (χ4v) is 3.44. The number of anilines is 3. The van der Waals surface area contributed by atoms with Crippen LogP contribution in [0.25, 0.3) is 17.2 Å². The molecule has 0 fully saturated rings. The minimum absolute atomic E-state index is 0.163. The molecule has 140 valence electrons. The molecule has 0 aliphatic rings. The van der Waals surface area contributed by atoms with Crippen molar-refractivity contribution < 1.29 is 8.60 Å². The summed E-state index contributed by atoms with van der Waals surface area (Å²) in [4.78, 5) is 4.52. The lowest BCUT2D eigenvalue weighted by atomic mass is 9.98. The van der Waals surface area contributed by atoms with Crippen molar-refractivity contribution >= 4 is 39.1 Å². The molecule has 4 N–H and O–H groups in total. The third-order valence-corrected chi connectivity index (χ3v) is 5.10. The van der Waals surface area contributed by atoms with Gasteiger partial charge in [-0.15, -0.1) is 5.10 Å².